The molecule has 0 radical (unpaired) electrons. The second kappa shape index (κ2) is 14.2. The van der Waals surface area contributed by atoms with Crippen molar-refractivity contribution in [3.63, 3.8) is 0 Å². The number of primary sulfonamides is 1. The van der Waals surface area contributed by atoms with Gasteiger partial charge in [-0.25, -0.2) is 13.6 Å². The van der Waals surface area contributed by atoms with Gasteiger partial charge in [0.2, 0.25) is 27.7 Å². The average molecular weight is 622 g/mol. The number of carbonyl (C=O) groups excluding carboxylic acids is 4. The zero-order valence-electron chi connectivity index (χ0n) is 24.8. The van der Waals surface area contributed by atoms with Crippen LogP contribution in [0.25, 0.3) is 0 Å². The van der Waals surface area contributed by atoms with Gasteiger partial charge in [-0.1, -0.05) is 37.8 Å². The maximum atomic E-state index is 13.7. The van der Waals surface area contributed by atoms with E-state index in [4.69, 9.17) is 14.6 Å². The number of hydrogen-bond acceptors (Lipinski definition) is 9. The number of epoxide rings is 1. The molecular weight excluding hydrogens is 578 g/mol. The molecule has 0 spiro atoms. The summed E-state index contributed by atoms with van der Waals surface area (Å²) in [5.74, 6) is -1.36. The minimum Gasteiger partial charge on any atom is -0.379 e. The molecule has 3 amide bonds. The van der Waals surface area contributed by atoms with E-state index in [1.54, 1.807) is 6.92 Å². The van der Waals surface area contributed by atoms with E-state index in [2.05, 4.69) is 16.0 Å². The van der Waals surface area contributed by atoms with Crippen LogP contribution in [0.2, 0.25) is 0 Å². The third-order valence-electron chi connectivity index (χ3n) is 8.34. The first-order valence-electron chi connectivity index (χ1n) is 14.8. The number of nitrogens with one attached hydrogen (secondary N) is 3. The number of nitrogens with zero attached hydrogens (tertiary/aromatic N) is 1. The number of Topliss-reactive ketones (excluding diaryl/α,β-unsaturated/α-hetero) is 1. The van der Waals surface area contributed by atoms with Crippen molar-refractivity contribution in [1.29, 1.82) is 0 Å². The Morgan fingerprint density at radius 1 is 1.00 bits per heavy atom. The van der Waals surface area contributed by atoms with Crippen LogP contribution in [-0.2, 0) is 45.1 Å². The van der Waals surface area contributed by atoms with Crippen molar-refractivity contribution in [3.8, 4) is 0 Å². The lowest BCUT2D eigenvalue weighted by Crippen LogP contribution is -2.57. The maximum absolute atomic E-state index is 13.7. The molecule has 2 aliphatic heterocycles. The standard InChI is InChI=1S/C29H43N5O8S/c1-19(31-25(35)17-34-11-13-41-14-12-34)27(37)33-24(16-21-7-9-22(10-8-21)43(30,39)40)28(38)32-23(15-20-5-3-4-6-20)26(36)29(2)18-42-29/h7-10,19-20,23-24H,3-6,11-18H2,1-2H3,(H,31,35)(H,32,38)(H,33,37)(H2,30,39,40). The summed E-state index contributed by atoms with van der Waals surface area (Å²) in [6.07, 6.45) is 4.62. The highest BCUT2D eigenvalue weighted by atomic mass is 32.2. The predicted octanol–water partition coefficient (Wildman–Crippen LogP) is -0.379. The molecule has 4 unspecified atom stereocenters. The molecule has 3 fully saturated rings. The Hall–Kier alpha value is -2.91. The predicted molar refractivity (Wildman–Crippen MR) is 156 cm³/mol. The fourth-order valence-corrected chi connectivity index (χ4v) is 6.09. The van der Waals surface area contributed by atoms with Gasteiger partial charge in [0.25, 0.3) is 0 Å². The van der Waals surface area contributed by atoms with Crippen molar-refractivity contribution in [2.24, 2.45) is 11.1 Å². The van der Waals surface area contributed by atoms with E-state index in [0.717, 1.165) is 25.7 Å². The molecule has 4 rings (SSSR count). The molecule has 1 aliphatic carbocycles. The van der Waals surface area contributed by atoms with Gasteiger partial charge < -0.3 is 25.4 Å². The molecule has 14 heteroatoms. The third kappa shape index (κ3) is 9.54. The van der Waals surface area contributed by atoms with Crippen LogP contribution < -0.4 is 21.1 Å². The number of hydrogen-bond donors (Lipinski definition) is 4. The number of morpholine rings is 1. The van der Waals surface area contributed by atoms with Crippen LogP contribution in [0.5, 0.6) is 0 Å². The van der Waals surface area contributed by atoms with Gasteiger partial charge in [0.1, 0.15) is 17.7 Å². The quantitative estimate of drug-likeness (QED) is 0.201. The molecule has 1 saturated carbocycles. The number of sulfonamides is 1. The first kappa shape index (κ1) is 33.0. The third-order valence-corrected chi connectivity index (χ3v) is 9.27. The Labute approximate surface area is 252 Å². The second-order valence-corrected chi connectivity index (χ2v) is 13.5. The molecule has 5 N–H and O–H groups in total. The van der Waals surface area contributed by atoms with Gasteiger partial charge >= 0.3 is 0 Å². The van der Waals surface area contributed by atoms with Gasteiger partial charge in [-0.2, -0.15) is 0 Å². The normalized spacial score (nSPS) is 23.1. The summed E-state index contributed by atoms with van der Waals surface area (Å²) in [6.45, 7) is 5.95. The molecule has 2 heterocycles. The van der Waals surface area contributed by atoms with Gasteiger partial charge in [-0.3, -0.25) is 24.1 Å². The van der Waals surface area contributed by atoms with Crippen molar-refractivity contribution in [3.05, 3.63) is 29.8 Å². The smallest absolute Gasteiger partial charge is 0.243 e. The summed E-state index contributed by atoms with van der Waals surface area (Å²) in [6, 6.07) is 2.85. The Balaban J connectivity index is 1.46. The van der Waals surface area contributed by atoms with Gasteiger partial charge in [-0.05, 0) is 43.9 Å². The van der Waals surface area contributed by atoms with Crippen LogP contribution >= 0.6 is 0 Å². The fraction of sp³-hybridized carbons (Fsp3) is 0.655. The number of ether oxygens (including phenoxy) is 2. The minimum absolute atomic E-state index is 0.00895. The van der Waals surface area contributed by atoms with Crippen LogP contribution in [0.4, 0.5) is 0 Å². The molecule has 1 aromatic rings. The summed E-state index contributed by atoms with van der Waals surface area (Å²) in [7, 11) is -3.91. The van der Waals surface area contributed by atoms with E-state index in [1.807, 2.05) is 4.90 Å². The monoisotopic (exact) mass is 621 g/mol. The number of nitrogens with two attached hydrogens (primary N) is 1. The maximum Gasteiger partial charge on any atom is 0.243 e. The zero-order valence-corrected chi connectivity index (χ0v) is 25.6. The van der Waals surface area contributed by atoms with Crippen LogP contribution in [-0.4, -0.2) is 100 Å². The van der Waals surface area contributed by atoms with Gasteiger partial charge in [0.05, 0.1) is 37.3 Å². The van der Waals surface area contributed by atoms with E-state index in [9.17, 15) is 27.6 Å². The van der Waals surface area contributed by atoms with E-state index in [1.165, 1.54) is 31.2 Å². The van der Waals surface area contributed by atoms with Crippen molar-refractivity contribution >= 4 is 33.5 Å². The summed E-state index contributed by atoms with van der Waals surface area (Å²) in [5, 5.41) is 13.5. The summed E-state index contributed by atoms with van der Waals surface area (Å²) in [4.78, 5) is 54.7. The summed E-state index contributed by atoms with van der Waals surface area (Å²) in [5.41, 5.74) is -0.369. The molecule has 0 bridgehead atoms. The molecule has 4 atom stereocenters. The molecule has 3 aliphatic rings. The second-order valence-electron chi connectivity index (χ2n) is 12.0. The molecule has 13 nitrogen and oxygen atoms in total. The van der Waals surface area contributed by atoms with Crippen molar-refractivity contribution in [2.75, 3.05) is 39.5 Å². The Kier molecular flexibility index (Phi) is 10.9. The topological polar surface area (TPSA) is 190 Å². The molecular formula is C29H43N5O8S. The molecule has 0 aromatic heterocycles. The molecule has 238 valence electrons. The molecule has 1 aromatic carbocycles. The minimum atomic E-state index is -3.91. The van der Waals surface area contributed by atoms with Crippen LogP contribution in [0.1, 0.15) is 51.5 Å². The lowest BCUT2D eigenvalue weighted by atomic mass is 9.90. The van der Waals surface area contributed by atoms with E-state index in [-0.39, 0.29) is 29.6 Å². The van der Waals surface area contributed by atoms with Crippen molar-refractivity contribution in [1.82, 2.24) is 20.9 Å². The number of ketones is 1. The summed E-state index contributed by atoms with van der Waals surface area (Å²) >= 11 is 0. The Bertz CT molecular complexity index is 1270. The number of benzene rings is 1. The average Bonchev–Trinajstić information content (AvgIpc) is 3.50. The zero-order chi connectivity index (χ0) is 31.2. The number of amides is 3. The lowest BCUT2D eigenvalue weighted by Gasteiger charge is -2.27. The van der Waals surface area contributed by atoms with Gasteiger partial charge in [0, 0.05) is 19.5 Å². The highest BCUT2D eigenvalue weighted by Crippen LogP contribution is 2.33. The Morgan fingerprint density at radius 3 is 2.19 bits per heavy atom. The largest absolute Gasteiger partial charge is 0.379 e. The van der Waals surface area contributed by atoms with Crippen LogP contribution in [0.3, 0.4) is 0 Å². The summed E-state index contributed by atoms with van der Waals surface area (Å²) < 4.78 is 34.1. The van der Waals surface area contributed by atoms with Crippen molar-refractivity contribution in [2.45, 2.75) is 81.0 Å². The molecule has 43 heavy (non-hydrogen) atoms. The molecule has 2 saturated heterocycles. The van der Waals surface area contributed by atoms with Gasteiger partial charge in [0.15, 0.2) is 5.78 Å². The highest BCUT2D eigenvalue weighted by molar-refractivity contribution is 7.89. The highest BCUT2D eigenvalue weighted by Gasteiger charge is 2.50. The Morgan fingerprint density at radius 2 is 1.60 bits per heavy atom. The fourth-order valence-electron chi connectivity index (χ4n) is 5.57. The number of rotatable bonds is 14. The van der Waals surface area contributed by atoms with Crippen LogP contribution in [0.15, 0.2) is 29.2 Å². The van der Waals surface area contributed by atoms with E-state index >= 15 is 0 Å². The first-order valence-corrected chi connectivity index (χ1v) is 16.4. The number of carbonyl (C=O) groups is 4. The van der Waals surface area contributed by atoms with Crippen molar-refractivity contribution < 1.29 is 37.1 Å². The first-order chi connectivity index (χ1) is 20.3. The van der Waals surface area contributed by atoms with Crippen LogP contribution in [0, 0.1) is 5.92 Å². The van der Waals surface area contributed by atoms with E-state index in [0.29, 0.717) is 50.8 Å². The van der Waals surface area contributed by atoms with Gasteiger partial charge in [-0.15, -0.1) is 0 Å². The van der Waals surface area contributed by atoms with E-state index < -0.39 is 45.6 Å². The lowest BCUT2D eigenvalue weighted by molar-refractivity contribution is -0.134. The SMILES string of the molecule is CC(NC(=O)CN1CCOCC1)C(=O)NC(Cc1ccc(S(N)(=O)=O)cc1)C(=O)NC(CC1CCCC1)C(=O)C1(C)CO1.